The van der Waals surface area contributed by atoms with E-state index in [-0.39, 0.29) is 16.3 Å². The quantitative estimate of drug-likeness (QED) is 0.804. The van der Waals surface area contributed by atoms with Gasteiger partial charge in [-0.05, 0) is 47.3 Å². The molecule has 1 nitrogen and oxygen atoms in total. The summed E-state index contributed by atoms with van der Waals surface area (Å²) in [4.78, 5) is 0. The Morgan fingerprint density at radius 2 is 1.82 bits per heavy atom. The van der Waals surface area contributed by atoms with E-state index in [1.807, 2.05) is 0 Å². The molecule has 1 aromatic rings. The minimum Gasteiger partial charge on any atom is -0.496 e. The highest BCUT2D eigenvalue weighted by Crippen LogP contribution is 2.29. The Hall–Kier alpha value is -0.630. The highest BCUT2D eigenvalue weighted by molar-refractivity contribution is 8.15. The molecule has 98 valence electrons. The zero-order valence-corrected chi connectivity index (χ0v) is 12.9. The van der Waals surface area contributed by atoms with Gasteiger partial charge in [-0.15, -0.1) is 0 Å². The van der Waals surface area contributed by atoms with E-state index < -0.39 is 0 Å². The molecule has 0 aliphatic rings. The monoisotopic (exact) mass is 254 g/mol. The topological polar surface area (TPSA) is 9.23 Å². The molecule has 0 N–H and O–H groups in total. The van der Waals surface area contributed by atoms with Crippen LogP contribution in [0.25, 0.3) is 0 Å². The van der Waals surface area contributed by atoms with E-state index in [1.54, 1.807) is 7.11 Å². The molecule has 0 spiro atoms. The molecule has 0 heterocycles. The third kappa shape index (κ3) is 4.27. The van der Waals surface area contributed by atoms with E-state index >= 15 is 0 Å². The molecule has 0 saturated heterocycles. The number of hydrogen-bond acceptors (Lipinski definition) is 1. The lowest BCUT2D eigenvalue weighted by molar-refractivity contribution is 0.408. The summed E-state index contributed by atoms with van der Waals surface area (Å²) in [5.41, 5.74) is 2.87. The highest BCUT2D eigenvalue weighted by atomic mass is 32.2. The van der Waals surface area contributed by atoms with E-state index in [4.69, 9.17) is 4.74 Å². The Kier molecular flexibility index (Phi) is 4.93. The zero-order chi connectivity index (χ0) is 13.1. The summed E-state index contributed by atoms with van der Waals surface area (Å²) in [5, 5.41) is 0. The third-order valence-electron chi connectivity index (χ3n) is 2.98. The summed E-state index contributed by atoms with van der Waals surface area (Å²) < 4.78 is 5.52. The maximum atomic E-state index is 5.52. The van der Waals surface area contributed by atoms with Crippen molar-refractivity contribution in [1.29, 1.82) is 0 Å². The fourth-order valence-electron chi connectivity index (χ4n) is 1.76. The summed E-state index contributed by atoms with van der Waals surface area (Å²) in [5.74, 6) is 2.33. The van der Waals surface area contributed by atoms with Crippen molar-refractivity contribution in [2.75, 3.05) is 25.4 Å². The van der Waals surface area contributed by atoms with Gasteiger partial charge in [0.25, 0.3) is 0 Å². The number of benzene rings is 1. The Balaban J connectivity index is 2.93. The van der Waals surface area contributed by atoms with Crippen molar-refractivity contribution in [3.63, 3.8) is 0 Å². The second-order valence-corrected chi connectivity index (χ2v) is 8.44. The summed E-state index contributed by atoms with van der Waals surface area (Å²) >= 11 is 0. The van der Waals surface area contributed by atoms with Gasteiger partial charge in [0.05, 0.1) is 7.11 Å². The standard InChI is InChI=1S/C15H26OS/c1-15(2,3)13-8-7-12(9-10-17(5)6)14(11-13)16-4/h7-8,11,17H,9-10H2,1-6H3. The van der Waals surface area contributed by atoms with Gasteiger partial charge in [0, 0.05) is 0 Å². The lowest BCUT2D eigenvalue weighted by atomic mass is 9.86. The molecule has 1 rings (SSSR count). The Bertz CT molecular complexity index is 364. The zero-order valence-electron chi connectivity index (χ0n) is 12.0. The number of aryl methyl sites for hydroxylation is 1. The smallest absolute Gasteiger partial charge is 0.122 e. The van der Waals surface area contributed by atoms with Gasteiger partial charge in [0.15, 0.2) is 0 Å². The fraction of sp³-hybridized carbons (Fsp3) is 0.600. The van der Waals surface area contributed by atoms with Crippen molar-refractivity contribution in [1.82, 2.24) is 0 Å². The molecule has 0 radical (unpaired) electrons. The van der Waals surface area contributed by atoms with Gasteiger partial charge in [-0.1, -0.05) is 32.9 Å². The first-order chi connectivity index (χ1) is 7.84. The fourth-order valence-corrected chi connectivity index (χ4v) is 2.45. The molecule has 17 heavy (non-hydrogen) atoms. The normalized spacial score (nSPS) is 12.5. The molecule has 0 aromatic heterocycles. The molecule has 0 aliphatic heterocycles. The lowest BCUT2D eigenvalue weighted by Crippen LogP contribution is -2.11. The van der Waals surface area contributed by atoms with Crippen LogP contribution in [-0.4, -0.2) is 25.4 Å². The maximum absolute atomic E-state index is 5.52. The molecular formula is C15H26OS. The molecule has 0 amide bonds. The minimum absolute atomic E-state index is 0.173. The van der Waals surface area contributed by atoms with Crippen LogP contribution >= 0.6 is 10.9 Å². The largest absolute Gasteiger partial charge is 0.496 e. The van der Waals surface area contributed by atoms with Crippen molar-refractivity contribution in [3.05, 3.63) is 29.3 Å². The average Bonchev–Trinajstić information content (AvgIpc) is 2.24. The predicted molar refractivity (Wildman–Crippen MR) is 81.1 cm³/mol. The molecule has 0 aliphatic carbocycles. The van der Waals surface area contributed by atoms with Gasteiger partial charge >= 0.3 is 0 Å². The number of methoxy groups -OCH3 is 1. The molecule has 0 atom stereocenters. The van der Waals surface area contributed by atoms with E-state index in [2.05, 4.69) is 51.5 Å². The van der Waals surface area contributed by atoms with Crippen molar-refractivity contribution in [2.45, 2.75) is 32.6 Å². The van der Waals surface area contributed by atoms with Crippen LogP contribution in [0.1, 0.15) is 31.9 Å². The first-order valence-electron chi connectivity index (χ1n) is 6.16. The summed E-state index contributed by atoms with van der Waals surface area (Å²) in [7, 11) is 1.94. The van der Waals surface area contributed by atoms with Gasteiger partial charge in [-0.25, -0.2) is 0 Å². The number of ether oxygens (including phenoxy) is 1. The van der Waals surface area contributed by atoms with E-state index in [9.17, 15) is 0 Å². The summed E-state index contributed by atoms with van der Waals surface area (Å²) in [6, 6.07) is 6.67. The van der Waals surface area contributed by atoms with E-state index in [0.717, 1.165) is 12.2 Å². The van der Waals surface area contributed by atoms with Gasteiger partial charge in [-0.3, -0.25) is 10.9 Å². The van der Waals surface area contributed by atoms with E-state index in [1.165, 1.54) is 16.9 Å². The molecule has 0 bridgehead atoms. The van der Waals surface area contributed by atoms with Crippen molar-refractivity contribution in [3.8, 4) is 5.75 Å². The maximum Gasteiger partial charge on any atom is 0.122 e. The van der Waals surface area contributed by atoms with Crippen LogP contribution < -0.4 is 4.74 Å². The van der Waals surface area contributed by atoms with Crippen LogP contribution in [0, 0.1) is 0 Å². The second kappa shape index (κ2) is 5.81. The molecule has 0 fully saturated rings. The number of thiol groups is 1. The van der Waals surface area contributed by atoms with Gasteiger partial charge in [0.2, 0.25) is 0 Å². The Morgan fingerprint density at radius 1 is 1.18 bits per heavy atom. The van der Waals surface area contributed by atoms with Crippen LogP contribution in [-0.2, 0) is 11.8 Å². The number of hydrogen-bond donors (Lipinski definition) is 1. The van der Waals surface area contributed by atoms with Gasteiger partial charge in [-0.2, -0.15) is 0 Å². The first-order valence-corrected chi connectivity index (χ1v) is 8.59. The van der Waals surface area contributed by atoms with Crippen molar-refractivity contribution < 1.29 is 4.74 Å². The van der Waals surface area contributed by atoms with Crippen LogP contribution in [0.5, 0.6) is 5.75 Å². The molecular weight excluding hydrogens is 228 g/mol. The minimum atomic E-state index is 0.173. The lowest BCUT2D eigenvalue weighted by Gasteiger charge is -2.21. The van der Waals surface area contributed by atoms with Crippen LogP contribution in [0.4, 0.5) is 0 Å². The predicted octanol–water partition coefficient (Wildman–Crippen LogP) is 3.80. The van der Waals surface area contributed by atoms with Crippen molar-refractivity contribution in [2.24, 2.45) is 0 Å². The highest BCUT2D eigenvalue weighted by Gasteiger charge is 2.15. The Morgan fingerprint density at radius 3 is 2.29 bits per heavy atom. The molecule has 0 saturated carbocycles. The van der Waals surface area contributed by atoms with Gasteiger partial charge < -0.3 is 4.74 Å². The second-order valence-electron chi connectivity index (χ2n) is 5.83. The SMILES string of the molecule is COc1cc(C(C)(C)C)ccc1CC[SH](C)C. The molecule has 2 heteroatoms. The van der Waals surface area contributed by atoms with Crippen LogP contribution in [0.15, 0.2) is 18.2 Å². The van der Waals surface area contributed by atoms with E-state index in [0.29, 0.717) is 0 Å². The van der Waals surface area contributed by atoms with Gasteiger partial charge in [0.1, 0.15) is 5.75 Å². The number of rotatable bonds is 4. The first kappa shape index (κ1) is 14.4. The molecule has 0 unspecified atom stereocenters. The molecule has 1 aromatic carbocycles. The average molecular weight is 254 g/mol. The third-order valence-corrected chi connectivity index (χ3v) is 4.10. The van der Waals surface area contributed by atoms with Crippen LogP contribution in [0.2, 0.25) is 0 Å². The summed E-state index contributed by atoms with van der Waals surface area (Å²) in [6.07, 6.45) is 5.78. The Labute approximate surface area is 109 Å². The summed E-state index contributed by atoms with van der Waals surface area (Å²) in [6.45, 7) is 6.70. The van der Waals surface area contributed by atoms with Crippen molar-refractivity contribution >= 4 is 10.9 Å². The van der Waals surface area contributed by atoms with Crippen LogP contribution in [0.3, 0.4) is 0 Å².